The first-order valence-corrected chi connectivity index (χ1v) is 7.58. The zero-order valence-corrected chi connectivity index (χ0v) is 13.4. The fourth-order valence-electron chi connectivity index (χ4n) is 2.17. The molecule has 130 valence electrons. The van der Waals surface area contributed by atoms with Crippen molar-refractivity contribution in [1.82, 2.24) is 15.4 Å². The molecule has 26 heavy (non-hydrogen) atoms. The first-order chi connectivity index (χ1) is 12.6. The summed E-state index contributed by atoms with van der Waals surface area (Å²) in [5.41, 5.74) is 5.53. The molecule has 0 radical (unpaired) electrons. The standard InChI is InChI=1S/C17H14N6O3/c24-17(12-7-3-1-4-8-12)22-21-16-14(23(25)26)15(18-11-19-16)20-13-9-5-2-6-10-13/h1-11H,(H,22,24)(H2,18,19,20,21). The largest absolute Gasteiger partial charge is 0.355 e. The third-order valence-corrected chi connectivity index (χ3v) is 3.37. The molecular weight excluding hydrogens is 336 g/mol. The number of anilines is 3. The number of nitro groups is 1. The van der Waals surface area contributed by atoms with Crippen molar-refractivity contribution in [3.63, 3.8) is 0 Å². The predicted octanol–water partition coefficient (Wildman–Crippen LogP) is 2.89. The van der Waals surface area contributed by atoms with E-state index in [1.807, 2.05) is 6.07 Å². The molecule has 9 heteroatoms. The Labute approximate surface area is 148 Å². The Morgan fingerprint density at radius 1 is 0.923 bits per heavy atom. The summed E-state index contributed by atoms with van der Waals surface area (Å²) in [5.74, 6) is -0.573. The highest BCUT2D eigenvalue weighted by atomic mass is 16.6. The number of para-hydroxylation sites is 1. The van der Waals surface area contributed by atoms with E-state index in [9.17, 15) is 14.9 Å². The summed E-state index contributed by atoms with van der Waals surface area (Å²) in [4.78, 5) is 30.7. The Morgan fingerprint density at radius 2 is 1.54 bits per heavy atom. The minimum atomic E-state index is -0.623. The molecule has 2 aromatic carbocycles. The van der Waals surface area contributed by atoms with Crippen molar-refractivity contribution in [2.75, 3.05) is 10.7 Å². The number of hydrazine groups is 1. The van der Waals surface area contributed by atoms with Gasteiger partial charge in [-0.05, 0) is 24.3 Å². The molecule has 3 aromatic rings. The van der Waals surface area contributed by atoms with Gasteiger partial charge >= 0.3 is 5.69 Å². The van der Waals surface area contributed by atoms with Crippen molar-refractivity contribution in [3.8, 4) is 0 Å². The molecule has 0 saturated heterocycles. The summed E-state index contributed by atoms with van der Waals surface area (Å²) < 4.78 is 0. The Morgan fingerprint density at radius 3 is 2.19 bits per heavy atom. The van der Waals surface area contributed by atoms with E-state index in [1.54, 1.807) is 54.6 Å². The van der Waals surface area contributed by atoms with Crippen LogP contribution in [0.1, 0.15) is 10.4 Å². The number of nitrogens with zero attached hydrogens (tertiary/aromatic N) is 3. The molecule has 0 spiro atoms. The van der Waals surface area contributed by atoms with Crippen LogP contribution in [0.25, 0.3) is 0 Å². The van der Waals surface area contributed by atoms with Crippen molar-refractivity contribution in [3.05, 3.63) is 82.7 Å². The van der Waals surface area contributed by atoms with E-state index >= 15 is 0 Å². The van der Waals surface area contributed by atoms with E-state index in [1.165, 1.54) is 0 Å². The van der Waals surface area contributed by atoms with Crippen LogP contribution in [0.3, 0.4) is 0 Å². The molecule has 0 fully saturated rings. The zero-order chi connectivity index (χ0) is 18.4. The monoisotopic (exact) mass is 350 g/mol. The molecule has 3 rings (SSSR count). The minimum absolute atomic E-state index is 0.00709. The van der Waals surface area contributed by atoms with Crippen LogP contribution in [-0.2, 0) is 0 Å². The Kier molecular flexibility index (Phi) is 4.99. The summed E-state index contributed by atoms with van der Waals surface area (Å²) in [7, 11) is 0. The van der Waals surface area contributed by atoms with Gasteiger partial charge < -0.3 is 5.32 Å². The van der Waals surface area contributed by atoms with E-state index in [0.717, 1.165) is 6.33 Å². The average Bonchev–Trinajstić information content (AvgIpc) is 2.67. The first-order valence-electron chi connectivity index (χ1n) is 7.58. The molecule has 0 aliphatic heterocycles. The van der Waals surface area contributed by atoms with Gasteiger partial charge in [0.15, 0.2) is 0 Å². The second kappa shape index (κ2) is 7.71. The average molecular weight is 350 g/mol. The van der Waals surface area contributed by atoms with Crippen LogP contribution < -0.4 is 16.2 Å². The van der Waals surface area contributed by atoms with Crippen molar-refractivity contribution in [1.29, 1.82) is 0 Å². The van der Waals surface area contributed by atoms with Crippen molar-refractivity contribution in [2.45, 2.75) is 0 Å². The lowest BCUT2D eigenvalue weighted by molar-refractivity contribution is -0.383. The van der Waals surface area contributed by atoms with E-state index in [4.69, 9.17) is 0 Å². The number of aromatic nitrogens is 2. The van der Waals surface area contributed by atoms with Crippen LogP contribution in [-0.4, -0.2) is 20.8 Å². The van der Waals surface area contributed by atoms with Crippen LogP contribution in [0.2, 0.25) is 0 Å². The van der Waals surface area contributed by atoms with Gasteiger partial charge in [-0.1, -0.05) is 36.4 Å². The Balaban J connectivity index is 1.82. The maximum atomic E-state index is 12.1. The lowest BCUT2D eigenvalue weighted by atomic mass is 10.2. The van der Waals surface area contributed by atoms with Gasteiger partial charge in [-0.2, -0.15) is 0 Å². The van der Waals surface area contributed by atoms with Gasteiger partial charge in [0.25, 0.3) is 5.91 Å². The fourth-order valence-corrected chi connectivity index (χ4v) is 2.17. The second-order valence-electron chi connectivity index (χ2n) is 5.11. The summed E-state index contributed by atoms with van der Waals surface area (Å²) >= 11 is 0. The second-order valence-corrected chi connectivity index (χ2v) is 5.11. The molecule has 1 aromatic heterocycles. The van der Waals surface area contributed by atoms with E-state index < -0.39 is 10.8 Å². The van der Waals surface area contributed by atoms with E-state index in [0.29, 0.717) is 11.3 Å². The molecule has 1 amide bonds. The maximum Gasteiger partial charge on any atom is 0.355 e. The number of rotatable bonds is 6. The quantitative estimate of drug-likeness (QED) is 0.461. The van der Waals surface area contributed by atoms with Crippen LogP contribution in [0.5, 0.6) is 0 Å². The summed E-state index contributed by atoms with van der Waals surface area (Å²) in [5, 5.41) is 14.3. The van der Waals surface area contributed by atoms with Crippen molar-refractivity contribution in [2.24, 2.45) is 0 Å². The summed E-state index contributed by atoms with van der Waals surface area (Å²) in [6.45, 7) is 0. The van der Waals surface area contributed by atoms with Gasteiger partial charge in [0.2, 0.25) is 11.6 Å². The minimum Gasteiger partial charge on any atom is -0.334 e. The number of nitrogens with one attached hydrogen (secondary N) is 3. The number of hydrogen-bond acceptors (Lipinski definition) is 7. The van der Waals surface area contributed by atoms with Gasteiger partial charge in [0, 0.05) is 11.3 Å². The van der Waals surface area contributed by atoms with Gasteiger partial charge in [0.1, 0.15) is 6.33 Å². The first kappa shape index (κ1) is 16.8. The third kappa shape index (κ3) is 3.90. The summed E-state index contributed by atoms with van der Waals surface area (Å²) in [6, 6.07) is 17.3. The van der Waals surface area contributed by atoms with Crippen LogP contribution in [0.4, 0.5) is 23.0 Å². The number of benzene rings is 2. The van der Waals surface area contributed by atoms with Gasteiger partial charge in [0.05, 0.1) is 4.92 Å². The maximum absolute atomic E-state index is 12.1. The molecular formula is C17H14N6O3. The lowest BCUT2D eigenvalue weighted by Crippen LogP contribution is -2.30. The van der Waals surface area contributed by atoms with Gasteiger partial charge in [-0.15, -0.1) is 0 Å². The van der Waals surface area contributed by atoms with Crippen molar-refractivity contribution >= 4 is 28.9 Å². The zero-order valence-electron chi connectivity index (χ0n) is 13.4. The fraction of sp³-hybridized carbons (Fsp3) is 0. The van der Waals surface area contributed by atoms with Crippen LogP contribution in [0.15, 0.2) is 67.0 Å². The van der Waals surface area contributed by atoms with Crippen LogP contribution >= 0.6 is 0 Å². The highest BCUT2D eigenvalue weighted by Gasteiger charge is 2.23. The number of hydrogen-bond donors (Lipinski definition) is 3. The highest BCUT2D eigenvalue weighted by Crippen LogP contribution is 2.30. The lowest BCUT2D eigenvalue weighted by Gasteiger charge is -2.11. The number of carbonyl (C=O) groups is 1. The molecule has 0 bridgehead atoms. The third-order valence-electron chi connectivity index (χ3n) is 3.37. The highest BCUT2D eigenvalue weighted by molar-refractivity contribution is 5.95. The van der Waals surface area contributed by atoms with Crippen molar-refractivity contribution < 1.29 is 9.72 Å². The molecule has 0 atom stereocenters. The summed E-state index contributed by atoms with van der Waals surface area (Å²) in [6.07, 6.45) is 1.16. The van der Waals surface area contributed by atoms with E-state index in [2.05, 4.69) is 26.1 Å². The molecule has 0 aliphatic rings. The number of carbonyl (C=O) groups excluding carboxylic acids is 1. The molecule has 0 saturated carbocycles. The molecule has 3 N–H and O–H groups in total. The predicted molar refractivity (Wildman–Crippen MR) is 95.9 cm³/mol. The van der Waals surface area contributed by atoms with Crippen LogP contribution in [0, 0.1) is 10.1 Å². The topological polar surface area (TPSA) is 122 Å². The van der Waals surface area contributed by atoms with Gasteiger partial charge in [-0.25, -0.2) is 9.97 Å². The molecule has 0 unspecified atom stereocenters. The Bertz CT molecular complexity index is 918. The molecule has 0 aliphatic carbocycles. The normalized spacial score (nSPS) is 10.0. The molecule has 9 nitrogen and oxygen atoms in total. The van der Waals surface area contributed by atoms with E-state index in [-0.39, 0.29) is 17.3 Å². The Hall–Kier alpha value is -4.01. The smallest absolute Gasteiger partial charge is 0.334 e. The SMILES string of the molecule is O=C(NNc1ncnc(Nc2ccccc2)c1[N+](=O)[O-])c1ccccc1. The molecule has 1 heterocycles. The number of amides is 1. The van der Waals surface area contributed by atoms with Gasteiger partial charge in [-0.3, -0.25) is 25.8 Å².